The van der Waals surface area contributed by atoms with Crippen LogP contribution in [0.15, 0.2) is 54.2 Å². The highest BCUT2D eigenvalue weighted by Gasteiger charge is 2.35. The smallest absolute Gasteiger partial charge is 0.366 e. The first-order valence-corrected chi connectivity index (χ1v) is 10.1. The Kier molecular flexibility index (Phi) is 5.44. The van der Waals surface area contributed by atoms with Gasteiger partial charge in [-0.3, -0.25) is 9.78 Å². The highest BCUT2D eigenvalue weighted by molar-refractivity contribution is 7.91. The summed E-state index contributed by atoms with van der Waals surface area (Å²) in [6, 6.07) is 3.71. The van der Waals surface area contributed by atoms with Gasteiger partial charge in [-0.15, -0.1) is 0 Å². The summed E-state index contributed by atoms with van der Waals surface area (Å²) in [5.74, 6) is -0.825. The SMILES string of the molecule is CS(=O)(=O)c1c(/C=C/C(N)=O)ccc(-c2ccncc2C(F)(F)F)c1-n1cncn1. The molecule has 0 aliphatic heterocycles. The third kappa shape index (κ3) is 4.22. The molecule has 3 rings (SSSR count). The van der Waals surface area contributed by atoms with Crippen LogP contribution in [0.25, 0.3) is 22.9 Å². The number of alkyl halides is 3. The van der Waals surface area contributed by atoms with Crippen LogP contribution in [0.3, 0.4) is 0 Å². The van der Waals surface area contributed by atoms with Crippen LogP contribution >= 0.6 is 0 Å². The van der Waals surface area contributed by atoms with Crippen LogP contribution in [0.2, 0.25) is 0 Å². The predicted molar refractivity (Wildman–Crippen MR) is 101 cm³/mol. The maximum absolute atomic E-state index is 13.6. The molecule has 1 aromatic carbocycles. The summed E-state index contributed by atoms with van der Waals surface area (Å²) in [4.78, 5) is 18.1. The molecular weight excluding hydrogens is 423 g/mol. The fraction of sp³-hybridized carbons (Fsp3) is 0.111. The van der Waals surface area contributed by atoms with Gasteiger partial charge in [-0.05, 0) is 23.3 Å². The van der Waals surface area contributed by atoms with Crippen LogP contribution in [0.1, 0.15) is 11.1 Å². The fourth-order valence-electron chi connectivity index (χ4n) is 2.90. The Bertz CT molecular complexity index is 1240. The molecule has 156 valence electrons. The van der Waals surface area contributed by atoms with Crippen LogP contribution in [-0.4, -0.2) is 40.3 Å². The summed E-state index contributed by atoms with van der Waals surface area (Å²) >= 11 is 0. The third-order valence-corrected chi connectivity index (χ3v) is 5.20. The second-order valence-electron chi connectivity index (χ2n) is 6.15. The van der Waals surface area contributed by atoms with Crippen LogP contribution in [0, 0.1) is 0 Å². The molecule has 1 amide bonds. The van der Waals surface area contributed by atoms with Crippen molar-refractivity contribution in [2.24, 2.45) is 5.73 Å². The lowest BCUT2D eigenvalue weighted by atomic mass is 9.97. The van der Waals surface area contributed by atoms with Crippen LogP contribution in [0.5, 0.6) is 0 Å². The molecule has 0 radical (unpaired) electrons. The number of hydrogen-bond acceptors (Lipinski definition) is 6. The third-order valence-electron chi connectivity index (χ3n) is 4.02. The van der Waals surface area contributed by atoms with E-state index in [2.05, 4.69) is 15.1 Å². The van der Waals surface area contributed by atoms with E-state index in [0.29, 0.717) is 6.20 Å². The van der Waals surface area contributed by atoms with E-state index in [-0.39, 0.29) is 27.3 Å². The van der Waals surface area contributed by atoms with Gasteiger partial charge in [-0.1, -0.05) is 12.1 Å². The largest absolute Gasteiger partial charge is 0.418 e. The van der Waals surface area contributed by atoms with E-state index >= 15 is 0 Å². The number of pyridine rings is 1. The molecule has 0 saturated heterocycles. The number of primary amides is 1. The van der Waals surface area contributed by atoms with E-state index in [0.717, 1.165) is 41.9 Å². The number of nitrogens with zero attached hydrogens (tertiary/aromatic N) is 4. The Morgan fingerprint density at radius 1 is 1.17 bits per heavy atom. The number of sulfone groups is 1. The number of hydrogen-bond donors (Lipinski definition) is 1. The van der Waals surface area contributed by atoms with Crippen molar-refractivity contribution in [3.8, 4) is 16.8 Å². The topological polar surface area (TPSA) is 121 Å². The number of halogens is 3. The fourth-order valence-corrected chi connectivity index (χ4v) is 4.02. The van der Waals surface area contributed by atoms with E-state index in [9.17, 15) is 26.4 Å². The monoisotopic (exact) mass is 437 g/mol. The molecule has 2 heterocycles. The zero-order valence-corrected chi connectivity index (χ0v) is 16.1. The number of benzene rings is 1. The number of carbonyl (C=O) groups is 1. The molecular formula is C18H14F3N5O3S. The molecule has 30 heavy (non-hydrogen) atoms. The molecule has 0 fully saturated rings. The van der Waals surface area contributed by atoms with Crippen molar-refractivity contribution in [3.63, 3.8) is 0 Å². The molecule has 0 bridgehead atoms. The molecule has 12 heteroatoms. The van der Waals surface area contributed by atoms with Crippen molar-refractivity contribution in [3.05, 3.63) is 60.5 Å². The molecule has 2 N–H and O–H groups in total. The van der Waals surface area contributed by atoms with Gasteiger partial charge in [0.25, 0.3) is 0 Å². The number of rotatable bonds is 5. The van der Waals surface area contributed by atoms with Crippen molar-refractivity contribution in [1.29, 1.82) is 0 Å². The van der Waals surface area contributed by atoms with Crippen molar-refractivity contribution < 1.29 is 26.4 Å². The summed E-state index contributed by atoms with van der Waals surface area (Å²) in [5.41, 5.74) is 3.57. The molecule has 3 aromatic rings. The number of amides is 1. The predicted octanol–water partition coefficient (Wildman–Crippen LogP) is 2.25. The highest BCUT2D eigenvalue weighted by Crippen LogP contribution is 2.41. The number of carbonyl (C=O) groups excluding carboxylic acids is 1. The van der Waals surface area contributed by atoms with Crippen LogP contribution in [-0.2, 0) is 20.8 Å². The van der Waals surface area contributed by atoms with Gasteiger partial charge in [0.15, 0.2) is 9.84 Å². The minimum Gasteiger partial charge on any atom is -0.366 e. The first-order valence-electron chi connectivity index (χ1n) is 8.21. The number of aromatic nitrogens is 4. The van der Waals surface area contributed by atoms with Crippen molar-refractivity contribution in [2.75, 3.05) is 6.26 Å². The molecule has 0 aliphatic carbocycles. The van der Waals surface area contributed by atoms with Gasteiger partial charge < -0.3 is 5.73 Å². The van der Waals surface area contributed by atoms with Gasteiger partial charge in [0.1, 0.15) is 17.6 Å². The first-order chi connectivity index (χ1) is 14.0. The maximum atomic E-state index is 13.6. The van der Waals surface area contributed by atoms with Crippen LogP contribution in [0.4, 0.5) is 13.2 Å². The standard InChI is InChI=1S/C18H14F3N5O3S/c1-30(28,29)17-11(3-5-15(22)27)2-4-13(16(17)26-10-24-9-25-26)12-6-7-23-8-14(12)18(19,20)21/h2-10H,1H3,(H2,22,27)/b5-3+. The Hall–Kier alpha value is -3.54. The minimum absolute atomic E-state index is 0.0492. The van der Waals surface area contributed by atoms with E-state index < -0.39 is 27.5 Å². The Balaban J connectivity index is 2.47. The highest BCUT2D eigenvalue weighted by atomic mass is 32.2. The Labute approximate surface area is 168 Å². The lowest BCUT2D eigenvalue weighted by Crippen LogP contribution is -2.13. The Morgan fingerprint density at radius 2 is 1.90 bits per heavy atom. The van der Waals surface area contributed by atoms with Crippen LogP contribution < -0.4 is 5.73 Å². The van der Waals surface area contributed by atoms with Crippen molar-refractivity contribution in [1.82, 2.24) is 19.7 Å². The summed E-state index contributed by atoms with van der Waals surface area (Å²) in [6.07, 6.45) is 2.35. The average Bonchev–Trinajstić information content (AvgIpc) is 3.18. The normalized spacial score (nSPS) is 12.4. The van der Waals surface area contributed by atoms with E-state index in [1.807, 2.05) is 0 Å². The summed E-state index contributed by atoms with van der Waals surface area (Å²) in [7, 11) is -4.01. The van der Waals surface area contributed by atoms with E-state index in [1.165, 1.54) is 18.2 Å². The van der Waals surface area contributed by atoms with E-state index in [4.69, 9.17) is 5.73 Å². The summed E-state index contributed by atoms with van der Waals surface area (Å²) < 4.78 is 67.0. The molecule has 2 aromatic heterocycles. The lowest BCUT2D eigenvalue weighted by Gasteiger charge is -2.19. The van der Waals surface area contributed by atoms with Gasteiger partial charge in [0.2, 0.25) is 5.91 Å². The molecule has 0 saturated carbocycles. The lowest BCUT2D eigenvalue weighted by molar-refractivity contribution is -0.137. The van der Waals surface area contributed by atoms with Crippen molar-refractivity contribution >= 4 is 21.8 Å². The molecule has 0 aliphatic rings. The molecule has 8 nitrogen and oxygen atoms in total. The van der Waals surface area contributed by atoms with E-state index in [1.54, 1.807) is 0 Å². The second kappa shape index (κ2) is 7.71. The minimum atomic E-state index is -4.74. The quantitative estimate of drug-likeness (QED) is 0.611. The maximum Gasteiger partial charge on any atom is 0.418 e. The van der Waals surface area contributed by atoms with Gasteiger partial charge in [0.05, 0.1) is 11.3 Å². The first kappa shape index (κ1) is 21.2. The zero-order chi connectivity index (χ0) is 22.1. The number of nitrogens with two attached hydrogens (primary N) is 1. The van der Waals surface area contributed by atoms with Gasteiger partial charge in [0, 0.05) is 30.3 Å². The second-order valence-corrected chi connectivity index (χ2v) is 8.10. The average molecular weight is 437 g/mol. The summed E-state index contributed by atoms with van der Waals surface area (Å²) in [6.45, 7) is 0. The van der Waals surface area contributed by atoms with Gasteiger partial charge in [-0.2, -0.15) is 18.3 Å². The Morgan fingerprint density at radius 3 is 2.47 bits per heavy atom. The molecule has 0 atom stereocenters. The van der Waals surface area contributed by atoms with Gasteiger partial charge >= 0.3 is 6.18 Å². The summed E-state index contributed by atoms with van der Waals surface area (Å²) in [5, 5.41) is 3.90. The zero-order valence-electron chi connectivity index (χ0n) is 15.3. The van der Waals surface area contributed by atoms with Crippen molar-refractivity contribution in [2.45, 2.75) is 11.1 Å². The van der Waals surface area contributed by atoms with Gasteiger partial charge in [-0.25, -0.2) is 18.1 Å². The molecule has 0 unspecified atom stereocenters. The molecule has 0 spiro atoms.